The van der Waals surface area contributed by atoms with Gasteiger partial charge in [-0.15, -0.1) is 0 Å². The van der Waals surface area contributed by atoms with Crippen LogP contribution in [0.3, 0.4) is 0 Å². The van der Waals surface area contributed by atoms with Crippen LogP contribution in [0, 0.1) is 0 Å². The molecule has 1 N–H and O–H groups in total. The molecular weight excluding hydrogens is 224 g/mol. The van der Waals surface area contributed by atoms with Crippen LogP contribution in [0.2, 0.25) is 0 Å². The topological polar surface area (TPSA) is 26.7 Å². The number of hydrogen-bond acceptors (Lipinski definition) is 3. The lowest BCUT2D eigenvalue weighted by molar-refractivity contribution is 0.178. The van der Waals surface area contributed by atoms with E-state index in [1.165, 1.54) is 37.9 Å². The van der Waals surface area contributed by atoms with Crippen LogP contribution in [0.25, 0.3) is 0 Å². The van der Waals surface area contributed by atoms with Crippen molar-refractivity contribution in [3.63, 3.8) is 0 Å². The van der Waals surface area contributed by atoms with Crippen molar-refractivity contribution in [2.45, 2.75) is 31.7 Å². The second-order valence-corrected chi connectivity index (χ2v) is 5.36. The minimum Gasteiger partial charge on any atom is -0.508 e. The average molecular weight is 248 g/mol. The van der Waals surface area contributed by atoms with E-state index in [9.17, 15) is 5.11 Å². The Labute approximate surface area is 110 Å². The molecule has 1 aliphatic rings. The van der Waals surface area contributed by atoms with Crippen LogP contribution >= 0.6 is 0 Å². The van der Waals surface area contributed by atoms with E-state index in [0.717, 1.165) is 12.6 Å². The van der Waals surface area contributed by atoms with E-state index < -0.39 is 0 Å². The molecule has 0 saturated carbocycles. The third kappa shape index (κ3) is 3.39. The number of likely N-dealkylation sites (tertiary alicyclic amines) is 1. The van der Waals surface area contributed by atoms with Gasteiger partial charge in [0, 0.05) is 25.3 Å². The molecule has 0 bridgehead atoms. The lowest BCUT2D eigenvalue weighted by atomic mass is 10.00. The standard InChI is InChI=1S/C15H24N2O/c1-16-11-4-3-5-13(16)10-12-17(2)14-6-8-15(18)9-7-14/h6-9,13,18H,3-5,10-12H2,1-2H3. The second-order valence-electron chi connectivity index (χ2n) is 5.36. The molecule has 1 aromatic carbocycles. The maximum absolute atomic E-state index is 9.28. The summed E-state index contributed by atoms with van der Waals surface area (Å²) in [6.45, 7) is 2.31. The number of hydrogen-bond donors (Lipinski definition) is 1. The lowest BCUT2D eigenvalue weighted by Gasteiger charge is -2.33. The van der Waals surface area contributed by atoms with Crippen molar-refractivity contribution in [3.8, 4) is 5.75 Å². The maximum Gasteiger partial charge on any atom is 0.115 e. The largest absolute Gasteiger partial charge is 0.508 e. The van der Waals surface area contributed by atoms with Gasteiger partial charge in [-0.25, -0.2) is 0 Å². The van der Waals surface area contributed by atoms with Gasteiger partial charge in [-0.1, -0.05) is 6.42 Å². The van der Waals surface area contributed by atoms with E-state index >= 15 is 0 Å². The van der Waals surface area contributed by atoms with Crippen molar-refractivity contribution in [3.05, 3.63) is 24.3 Å². The van der Waals surface area contributed by atoms with Crippen molar-refractivity contribution >= 4 is 5.69 Å². The predicted octanol–water partition coefficient (Wildman–Crippen LogP) is 2.70. The Bertz CT molecular complexity index is 363. The zero-order valence-electron chi connectivity index (χ0n) is 11.5. The van der Waals surface area contributed by atoms with E-state index in [1.54, 1.807) is 12.1 Å². The van der Waals surface area contributed by atoms with Crippen LogP contribution in [0.1, 0.15) is 25.7 Å². The van der Waals surface area contributed by atoms with Crippen molar-refractivity contribution < 1.29 is 5.11 Å². The summed E-state index contributed by atoms with van der Waals surface area (Å²) in [6, 6.07) is 8.18. The lowest BCUT2D eigenvalue weighted by Crippen LogP contribution is -2.38. The number of anilines is 1. The number of aromatic hydroxyl groups is 1. The van der Waals surface area contributed by atoms with E-state index in [0.29, 0.717) is 5.75 Å². The summed E-state index contributed by atoms with van der Waals surface area (Å²) in [4.78, 5) is 4.76. The highest BCUT2D eigenvalue weighted by molar-refractivity contribution is 5.47. The number of piperidine rings is 1. The molecule has 1 saturated heterocycles. The van der Waals surface area contributed by atoms with Gasteiger partial charge in [0.15, 0.2) is 0 Å². The normalized spacial score (nSPS) is 20.9. The summed E-state index contributed by atoms with van der Waals surface area (Å²) in [5.41, 5.74) is 1.17. The van der Waals surface area contributed by atoms with Crippen LogP contribution < -0.4 is 4.90 Å². The zero-order valence-corrected chi connectivity index (χ0v) is 11.5. The van der Waals surface area contributed by atoms with Gasteiger partial charge in [0.05, 0.1) is 0 Å². The monoisotopic (exact) mass is 248 g/mol. The van der Waals surface area contributed by atoms with Crippen LogP contribution in [0.5, 0.6) is 5.75 Å². The maximum atomic E-state index is 9.28. The van der Waals surface area contributed by atoms with Gasteiger partial charge >= 0.3 is 0 Å². The molecule has 1 aliphatic heterocycles. The molecule has 100 valence electrons. The molecule has 1 heterocycles. The molecule has 3 nitrogen and oxygen atoms in total. The summed E-state index contributed by atoms with van der Waals surface area (Å²) < 4.78 is 0. The van der Waals surface area contributed by atoms with Crippen LogP contribution in [0.15, 0.2) is 24.3 Å². The van der Waals surface area contributed by atoms with Gasteiger partial charge in [-0.3, -0.25) is 0 Å². The van der Waals surface area contributed by atoms with Gasteiger partial charge < -0.3 is 14.9 Å². The molecule has 1 atom stereocenters. The molecule has 1 fully saturated rings. The fourth-order valence-electron chi connectivity index (χ4n) is 2.69. The van der Waals surface area contributed by atoms with Gasteiger partial charge in [0.1, 0.15) is 5.75 Å². The Morgan fingerprint density at radius 3 is 2.67 bits per heavy atom. The molecule has 1 unspecified atom stereocenters. The van der Waals surface area contributed by atoms with E-state index in [1.807, 2.05) is 12.1 Å². The highest BCUT2D eigenvalue weighted by atomic mass is 16.3. The molecule has 0 aromatic heterocycles. The molecule has 0 spiro atoms. The highest BCUT2D eigenvalue weighted by Crippen LogP contribution is 2.21. The van der Waals surface area contributed by atoms with Crippen molar-refractivity contribution in [1.29, 1.82) is 0 Å². The Morgan fingerprint density at radius 1 is 1.28 bits per heavy atom. The van der Waals surface area contributed by atoms with Crippen molar-refractivity contribution in [1.82, 2.24) is 4.90 Å². The first kappa shape index (κ1) is 13.2. The Hall–Kier alpha value is -1.22. The smallest absolute Gasteiger partial charge is 0.115 e. The van der Waals surface area contributed by atoms with E-state index in [2.05, 4.69) is 23.9 Å². The van der Waals surface area contributed by atoms with Crippen LogP contribution in [0.4, 0.5) is 5.69 Å². The average Bonchev–Trinajstić information content (AvgIpc) is 2.38. The second kappa shape index (κ2) is 6.10. The van der Waals surface area contributed by atoms with Gasteiger partial charge in [-0.2, -0.15) is 0 Å². The molecule has 18 heavy (non-hydrogen) atoms. The van der Waals surface area contributed by atoms with Gasteiger partial charge in [0.2, 0.25) is 0 Å². The first-order chi connectivity index (χ1) is 8.66. The molecule has 2 rings (SSSR count). The summed E-state index contributed by atoms with van der Waals surface area (Å²) in [5, 5.41) is 9.28. The quantitative estimate of drug-likeness (QED) is 0.887. The first-order valence-electron chi connectivity index (χ1n) is 6.87. The Balaban J connectivity index is 1.83. The van der Waals surface area contributed by atoms with Crippen LogP contribution in [-0.4, -0.2) is 43.2 Å². The molecular formula is C15H24N2O. The van der Waals surface area contributed by atoms with Gasteiger partial charge in [0.25, 0.3) is 0 Å². The first-order valence-corrected chi connectivity index (χ1v) is 6.87. The third-order valence-corrected chi connectivity index (χ3v) is 4.01. The third-order valence-electron chi connectivity index (χ3n) is 4.01. The highest BCUT2D eigenvalue weighted by Gasteiger charge is 2.18. The molecule has 0 radical (unpaired) electrons. The summed E-state index contributed by atoms with van der Waals surface area (Å²) in [5.74, 6) is 0.333. The van der Waals surface area contributed by atoms with E-state index in [-0.39, 0.29) is 0 Å². The number of rotatable bonds is 4. The summed E-state index contributed by atoms with van der Waals surface area (Å²) >= 11 is 0. The number of phenolic OH excluding ortho intramolecular Hbond substituents is 1. The zero-order chi connectivity index (χ0) is 13.0. The minimum absolute atomic E-state index is 0.333. The summed E-state index contributed by atoms with van der Waals surface area (Å²) in [6.07, 6.45) is 5.27. The fraction of sp³-hybridized carbons (Fsp3) is 0.600. The SMILES string of the molecule is CN(CCC1CCCCN1C)c1ccc(O)cc1. The van der Waals surface area contributed by atoms with Crippen molar-refractivity contribution in [2.75, 3.05) is 32.1 Å². The fourth-order valence-corrected chi connectivity index (χ4v) is 2.69. The molecule has 0 amide bonds. The molecule has 0 aliphatic carbocycles. The minimum atomic E-state index is 0.333. The van der Waals surface area contributed by atoms with Gasteiger partial charge in [-0.05, 0) is 57.1 Å². The molecule has 1 aromatic rings. The Morgan fingerprint density at radius 2 is 2.00 bits per heavy atom. The summed E-state index contributed by atoms with van der Waals surface area (Å²) in [7, 11) is 4.36. The van der Waals surface area contributed by atoms with Crippen molar-refractivity contribution in [2.24, 2.45) is 0 Å². The van der Waals surface area contributed by atoms with E-state index in [4.69, 9.17) is 0 Å². The number of benzene rings is 1. The predicted molar refractivity (Wildman–Crippen MR) is 76.3 cm³/mol. The number of nitrogens with zero attached hydrogens (tertiary/aromatic N) is 2. The Kier molecular flexibility index (Phi) is 4.48. The molecule has 3 heteroatoms. The number of phenols is 1. The van der Waals surface area contributed by atoms with Crippen LogP contribution in [-0.2, 0) is 0 Å².